The van der Waals surface area contributed by atoms with Crippen LogP contribution in [0, 0.1) is 0 Å². The fourth-order valence-corrected chi connectivity index (χ4v) is 2.25. The molecule has 2 aromatic rings. The van der Waals surface area contributed by atoms with E-state index in [1.54, 1.807) is 0 Å². The summed E-state index contributed by atoms with van der Waals surface area (Å²) in [5.41, 5.74) is 1.59. The van der Waals surface area contributed by atoms with E-state index in [0.29, 0.717) is 17.3 Å². The van der Waals surface area contributed by atoms with Crippen LogP contribution in [0.1, 0.15) is 10.5 Å². The van der Waals surface area contributed by atoms with Crippen molar-refractivity contribution in [1.29, 1.82) is 0 Å². The Hall–Kier alpha value is -1.52. The van der Waals surface area contributed by atoms with Crippen molar-refractivity contribution in [2.24, 2.45) is 7.05 Å². The summed E-state index contributed by atoms with van der Waals surface area (Å²) >= 11 is 6.14. The first kappa shape index (κ1) is 13.9. The van der Waals surface area contributed by atoms with Gasteiger partial charge in [0.05, 0.1) is 0 Å². The topological polar surface area (TPSA) is 37.3 Å². The zero-order chi connectivity index (χ0) is 14.0. The molecule has 0 bridgehead atoms. The number of halogens is 1. The number of aryl methyl sites for hydroxylation is 1. The molecule has 0 aliphatic heterocycles. The zero-order valence-electron chi connectivity index (χ0n) is 11.4. The Morgan fingerprint density at radius 3 is 2.79 bits per heavy atom. The fraction of sp³-hybridized carbons (Fsp3) is 0.357. The maximum absolute atomic E-state index is 12.1. The number of rotatable bonds is 4. The molecule has 0 saturated heterocycles. The van der Waals surface area contributed by atoms with Gasteiger partial charge in [0.15, 0.2) is 0 Å². The highest BCUT2D eigenvalue weighted by atomic mass is 35.5. The van der Waals surface area contributed by atoms with Crippen molar-refractivity contribution in [2.75, 3.05) is 27.2 Å². The Bertz CT molecular complexity index is 604. The summed E-state index contributed by atoms with van der Waals surface area (Å²) < 4.78 is 1.87. The number of fused-ring (bicyclic) bond motifs is 1. The van der Waals surface area contributed by atoms with Crippen LogP contribution < -0.4 is 5.32 Å². The molecule has 1 heterocycles. The standard InChI is InChI=1S/C14H18ClN3O/c1-17(2)8-7-16-14(19)13-9-10-11(15)5-4-6-12(10)18(13)3/h4-6,9H,7-8H2,1-3H3,(H,16,19). The van der Waals surface area contributed by atoms with Crippen molar-refractivity contribution in [1.82, 2.24) is 14.8 Å². The second kappa shape index (κ2) is 5.63. The van der Waals surface area contributed by atoms with Crippen LogP contribution in [0.2, 0.25) is 5.02 Å². The summed E-state index contributed by atoms with van der Waals surface area (Å²) in [5, 5.41) is 4.48. The Balaban J connectivity index is 2.23. The van der Waals surface area contributed by atoms with Crippen LogP contribution in [0.3, 0.4) is 0 Å². The van der Waals surface area contributed by atoms with Crippen LogP contribution >= 0.6 is 11.6 Å². The molecule has 1 amide bonds. The predicted octanol–water partition coefficient (Wildman–Crippen LogP) is 2.12. The lowest BCUT2D eigenvalue weighted by atomic mass is 10.2. The third-order valence-electron chi connectivity index (χ3n) is 3.11. The van der Waals surface area contributed by atoms with Gasteiger partial charge in [0.1, 0.15) is 5.69 Å². The molecule has 1 aromatic carbocycles. The lowest BCUT2D eigenvalue weighted by Crippen LogP contribution is -2.32. The van der Waals surface area contributed by atoms with Crippen molar-refractivity contribution in [3.63, 3.8) is 0 Å². The van der Waals surface area contributed by atoms with E-state index in [1.165, 1.54) is 0 Å². The summed E-state index contributed by atoms with van der Waals surface area (Å²) in [7, 11) is 5.82. The van der Waals surface area contributed by atoms with Gasteiger partial charge in [0.2, 0.25) is 0 Å². The quantitative estimate of drug-likeness (QED) is 0.931. The number of hydrogen-bond donors (Lipinski definition) is 1. The van der Waals surface area contributed by atoms with Gasteiger partial charge in [-0.1, -0.05) is 17.7 Å². The SMILES string of the molecule is CN(C)CCNC(=O)c1cc2c(Cl)cccc2n1C. The van der Waals surface area contributed by atoms with Crippen molar-refractivity contribution in [2.45, 2.75) is 0 Å². The molecule has 1 N–H and O–H groups in total. The number of carbonyl (C=O) groups is 1. The number of nitrogens with zero attached hydrogens (tertiary/aromatic N) is 2. The Morgan fingerprint density at radius 1 is 1.42 bits per heavy atom. The molecule has 0 radical (unpaired) electrons. The molecule has 1 aromatic heterocycles. The minimum absolute atomic E-state index is 0.0726. The monoisotopic (exact) mass is 279 g/mol. The van der Waals surface area contributed by atoms with E-state index in [0.717, 1.165) is 17.4 Å². The largest absolute Gasteiger partial charge is 0.349 e. The highest BCUT2D eigenvalue weighted by molar-refractivity contribution is 6.35. The summed E-state index contributed by atoms with van der Waals surface area (Å²) in [6, 6.07) is 7.51. The lowest BCUT2D eigenvalue weighted by Gasteiger charge is -2.10. The van der Waals surface area contributed by atoms with Crippen LogP contribution in [-0.4, -0.2) is 42.6 Å². The second-order valence-electron chi connectivity index (χ2n) is 4.82. The molecule has 0 fully saturated rings. The number of likely N-dealkylation sites (N-methyl/N-ethyl adjacent to an activating group) is 1. The molecule has 0 aliphatic carbocycles. The summed E-state index contributed by atoms with van der Waals surface area (Å²) in [6.45, 7) is 1.44. The van der Waals surface area contributed by atoms with Crippen molar-refractivity contribution in [3.8, 4) is 0 Å². The summed E-state index contributed by atoms with van der Waals surface area (Å²) in [6.07, 6.45) is 0. The van der Waals surface area contributed by atoms with E-state index in [9.17, 15) is 4.79 Å². The van der Waals surface area contributed by atoms with E-state index in [2.05, 4.69) is 5.32 Å². The lowest BCUT2D eigenvalue weighted by molar-refractivity contribution is 0.0943. The average Bonchev–Trinajstić information content (AvgIpc) is 2.68. The van der Waals surface area contributed by atoms with E-state index < -0.39 is 0 Å². The first-order valence-electron chi connectivity index (χ1n) is 6.17. The van der Waals surface area contributed by atoms with E-state index in [4.69, 9.17) is 11.6 Å². The third kappa shape index (κ3) is 2.91. The molecule has 0 spiro atoms. The molecule has 102 valence electrons. The summed E-state index contributed by atoms with van der Waals surface area (Å²) in [4.78, 5) is 14.2. The molecule has 0 saturated carbocycles. The molecular weight excluding hydrogens is 262 g/mol. The van der Waals surface area contributed by atoms with Crippen LogP contribution in [0.5, 0.6) is 0 Å². The molecule has 0 unspecified atom stereocenters. The maximum Gasteiger partial charge on any atom is 0.267 e. The van der Waals surface area contributed by atoms with Gasteiger partial charge in [0, 0.05) is 36.1 Å². The highest BCUT2D eigenvalue weighted by Crippen LogP contribution is 2.26. The number of aromatic nitrogens is 1. The van der Waals surface area contributed by atoms with Crippen molar-refractivity contribution < 1.29 is 4.79 Å². The molecule has 2 rings (SSSR count). The molecular formula is C14H18ClN3O. The van der Waals surface area contributed by atoms with Crippen LogP contribution in [-0.2, 0) is 7.05 Å². The smallest absolute Gasteiger partial charge is 0.267 e. The molecule has 0 aliphatic rings. The van der Waals surface area contributed by atoms with Crippen LogP contribution in [0.4, 0.5) is 0 Å². The number of benzene rings is 1. The van der Waals surface area contributed by atoms with Gasteiger partial charge in [-0.05, 0) is 32.3 Å². The zero-order valence-corrected chi connectivity index (χ0v) is 12.2. The second-order valence-corrected chi connectivity index (χ2v) is 5.23. The van der Waals surface area contributed by atoms with Gasteiger partial charge < -0.3 is 14.8 Å². The molecule has 5 heteroatoms. The summed E-state index contributed by atoms with van der Waals surface area (Å²) in [5.74, 6) is -0.0726. The van der Waals surface area contributed by atoms with Crippen molar-refractivity contribution in [3.05, 3.63) is 35.0 Å². The number of hydrogen-bond acceptors (Lipinski definition) is 2. The van der Waals surface area contributed by atoms with Crippen molar-refractivity contribution >= 4 is 28.4 Å². The van der Waals surface area contributed by atoms with E-state index in [1.807, 2.05) is 54.9 Å². The Labute approximate surface area is 117 Å². The van der Waals surface area contributed by atoms with Crippen LogP contribution in [0.25, 0.3) is 10.9 Å². The normalized spacial score (nSPS) is 11.2. The maximum atomic E-state index is 12.1. The third-order valence-corrected chi connectivity index (χ3v) is 3.44. The average molecular weight is 280 g/mol. The fourth-order valence-electron chi connectivity index (χ4n) is 2.03. The Morgan fingerprint density at radius 2 is 2.16 bits per heavy atom. The van der Waals surface area contributed by atoms with Gasteiger partial charge in [-0.25, -0.2) is 0 Å². The van der Waals surface area contributed by atoms with Gasteiger partial charge in [0.25, 0.3) is 5.91 Å². The van der Waals surface area contributed by atoms with E-state index >= 15 is 0 Å². The van der Waals surface area contributed by atoms with E-state index in [-0.39, 0.29) is 5.91 Å². The predicted molar refractivity (Wildman–Crippen MR) is 78.8 cm³/mol. The number of nitrogens with one attached hydrogen (secondary N) is 1. The molecule has 4 nitrogen and oxygen atoms in total. The molecule has 19 heavy (non-hydrogen) atoms. The van der Waals surface area contributed by atoms with Gasteiger partial charge in [-0.15, -0.1) is 0 Å². The molecule has 0 atom stereocenters. The van der Waals surface area contributed by atoms with Gasteiger partial charge in [-0.2, -0.15) is 0 Å². The minimum Gasteiger partial charge on any atom is -0.349 e. The van der Waals surface area contributed by atoms with Gasteiger partial charge >= 0.3 is 0 Å². The number of amides is 1. The first-order chi connectivity index (χ1) is 9.00. The van der Waals surface area contributed by atoms with Crippen LogP contribution in [0.15, 0.2) is 24.3 Å². The first-order valence-corrected chi connectivity index (χ1v) is 6.55. The Kier molecular flexibility index (Phi) is 4.12. The number of carbonyl (C=O) groups excluding carboxylic acids is 1. The highest BCUT2D eigenvalue weighted by Gasteiger charge is 2.14. The van der Waals surface area contributed by atoms with Gasteiger partial charge in [-0.3, -0.25) is 4.79 Å². The minimum atomic E-state index is -0.0726.